The fourth-order valence-corrected chi connectivity index (χ4v) is 1.69. The Balaban J connectivity index is 2.99. The van der Waals surface area contributed by atoms with Gasteiger partial charge in [0.25, 0.3) is 0 Å². The van der Waals surface area contributed by atoms with Gasteiger partial charge in [0.2, 0.25) is 0 Å². The maximum atomic E-state index is 8.78. The third-order valence-corrected chi connectivity index (χ3v) is 2.37. The molecule has 12 heavy (non-hydrogen) atoms. The Labute approximate surface area is 75.6 Å². The topological polar surface area (TPSA) is 45.0 Å². The lowest BCUT2D eigenvalue weighted by molar-refractivity contribution is 0.341. The molecule has 0 aliphatic heterocycles. The van der Waals surface area contributed by atoms with Gasteiger partial charge in [-0.1, -0.05) is 0 Å². The molecule has 1 aromatic heterocycles. The first-order chi connectivity index (χ1) is 5.83. The molecule has 0 aliphatic rings. The number of thiophene rings is 1. The van der Waals surface area contributed by atoms with Crippen LogP contribution in [0.25, 0.3) is 0 Å². The predicted octanol–water partition coefficient (Wildman–Crippen LogP) is 2.06. The van der Waals surface area contributed by atoms with Crippen molar-refractivity contribution < 1.29 is 4.74 Å². The molecule has 0 aliphatic carbocycles. The zero-order valence-electron chi connectivity index (χ0n) is 7.05. The monoisotopic (exact) mass is 182 g/mol. The summed E-state index contributed by atoms with van der Waals surface area (Å²) in [6.07, 6.45) is 0. The average molecular weight is 182 g/mol. The van der Waals surface area contributed by atoms with Crippen molar-refractivity contribution in [1.29, 1.82) is 5.26 Å². The van der Waals surface area contributed by atoms with Gasteiger partial charge in [0.1, 0.15) is 22.4 Å². The molecule has 3 nitrogen and oxygen atoms in total. The Bertz CT molecular complexity index is 300. The summed E-state index contributed by atoms with van der Waals surface area (Å²) < 4.78 is 5.26. The van der Waals surface area contributed by atoms with Gasteiger partial charge in [-0.25, -0.2) is 0 Å². The summed E-state index contributed by atoms with van der Waals surface area (Å²) in [5, 5.41) is 14.4. The second kappa shape index (κ2) is 3.98. The molecule has 0 atom stereocenters. The SMILES string of the molecule is CCOc1csc(NC)c1C#N. The van der Waals surface area contributed by atoms with Gasteiger partial charge >= 0.3 is 0 Å². The van der Waals surface area contributed by atoms with Crippen LogP contribution in [0.3, 0.4) is 0 Å². The molecule has 0 bridgehead atoms. The zero-order valence-corrected chi connectivity index (χ0v) is 7.86. The van der Waals surface area contributed by atoms with Crippen LogP contribution in [-0.2, 0) is 0 Å². The van der Waals surface area contributed by atoms with Gasteiger partial charge in [0.05, 0.1) is 6.61 Å². The standard InChI is InChI=1S/C8H10N2OS/c1-3-11-7-5-12-8(10-2)6(7)4-9/h5,10H,3H2,1-2H3. The molecule has 0 aromatic carbocycles. The first-order valence-corrected chi connectivity index (χ1v) is 4.53. The highest BCUT2D eigenvalue weighted by atomic mass is 32.1. The summed E-state index contributed by atoms with van der Waals surface area (Å²) in [4.78, 5) is 0. The van der Waals surface area contributed by atoms with Gasteiger partial charge in [0, 0.05) is 12.4 Å². The highest BCUT2D eigenvalue weighted by molar-refractivity contribution is 7.14. The van der Waals surface area contributed by atoms with Crippen molar-refractivity contribution in [3.8, 4) is 11.8 Å². The van der Waals surface area contributed by atoms with Crippen LogP contribution in [0, 0.1) is 11.3 Å². The van der Waals surface area contributed by atoms with Crippen LogP contribution in [0.5, 0.6) is 5.75 Å². The van der Waals surface area contributed by atoms with Crippen LogP contribution in [0.15, 0.2) is 5.38 Å². The van der Waals surface area contributed by atoms with E-state index in [-0.39, 0.29) is 0 Å². The van der Waals surface area contributed by atoms with Crippen molar-refractivity contribution in [3.63, 3.8) is 0 Å². The number of nitrogens with zero attached hydrogens (tertiary/aromatic N) is 1. The van der Waals surface area contributed by atoms with Crippen LogP contribution < -0.4 is 10.1 Å². The molecule has 0 amide bonds. The minimum absolute atomic E-state index is 0.592. The molecule has 0 radical (unpaired) electrons. The quantitative estimate of drug-likeness (QED) is 0.778. The Morgan fingerprint density at radius 1 is 1.75 bits per heavy atom. The normalized spacial score (nSPS) is 9.08. The third-order valence-electron chi connectivity index (χ3n) is 1.40. The lowest BCUT2D eigenvalue weighted by Crippen LogP contribution is -1.93. The maximum absolute atomic E-state index is 8.78. The summed E-state index contributed by atoms with van der Waals surface area (Å²) in [7, 11) is 1.79. The molecule has 1 N–H and O–H groups in total. The molecule has 64 valence electrons. The van der Waals surface area contributed by atoms with Crippen LogP contribution in [0.1, 0.15) is 12.5 Å². The number of ether oxygens (including phenoxy) is 1. The Morgan fingerprint density at radius 2 is 2.50 bits per heavy atom. The van der Waals surface area contributed by atoms with E-state index in [1.807, 2.05) is 12.3 Å². The minimum Gasteiger partial charge on any atom is -0.492 e. The Kier molecular flexibility index (Phi) is 2.94. The maximum Gasteiger partial charge on any atom is 0.149 e. The highest BCUT2D eigenvalue weighted by Gasteiger charge is 2.10. The zero-order chi connectivity index (χ0) is 8.97. The molecule has 1 heterocycles. The molecule has 1 rings (SSSR count). The van der Waals surface area contributed by atoms with Gasteiger partial charge in [-0.3, -0.25) is 0 Å². The van der Waals surface area contributed by atoms with E-state index in [2.05, 4.69) is 11.4 Å². The molecule has 0 fully saturated rings. The van der Waals surface area contributed by atoms with E-state index in [9.17, 15) is 0 Å². The average Bonchev–Trinajstić information content (AvgIpc) is 2.47. The first-order valence-electron chi connectivity index (χ1n) is 3.65. The third kappa shape index (κ3) is 1.51. The molecule has 0 spiro atoms. The van der Waals surface area contributed by atoms with E-state index in [0.717, 1.165) is 5.00 Å². The number of hydrogen-bond donors (Lipinski definition) is 1. The first kappa shape index (κ1) is 8.88. The van der Waals surface area contributed by atoms with E-state index in [4.69, 9.17) is 10.00 Å². The van der Waals surface area contributed by atoms with Crippen molar-refractivity contribution in [3.05, 3.63) is 10.9 Å². The number of anilines is 1. The summed E-state index contributed by atoms with van der Waals surface area (Å²) in [5.74, 6) is 0.675. The molecule has 0 saturated heterocycles. The van der Waals surface area contributed by atoms with Gasteiger partial charge in [-0.2, -0.15) is 5.26 Å². The number of nitriles is 1. The van der Waals surface area contributed by atoms with Crippen molar-refractivity contribution >= 4 is 16.3 Å². The summed E-state index contributed by atoms with van der Waals surface area (Å²) in [5.41, 5.74) is 0.601. The van der Waals surface area contributed by atoms with Gasteiger partial charge in [-0.05, 0) is 6.92 Å². The summed E-state index contributed by atoms with van der Waals surface area (Å²) in [6, 6.07) is 2.10. The van der Waals surface area contributed by atoms with E-state index in [1.165, 1.54) is 11.3 Å². The molecule has 4 heteroatoms. The number of hydrogen-bond acceptors (Lipinski definition) is 4. The van der Waals surface area contributed by atoms with Crippen LogP contribution in [0.2, 0.25) is 0 Å². The van der Waals surface area contributed by atoms with Crippen LogP contribution >= 0.6 is 11.3 Å². The molecule has 0 unspecified atom stereocenters. The van der Waals surface area contributed by atoms with E-state index in [0.29, 0.717) is 17.9 Å². The van der Waals surface area contributed by atoms with E-state index >= 15 is 0 Å². The largest absolute Gasteiger partial charge is 0.492 e. The van der Waals surface area contributed by atoms with Gasteiger partial charge in [-0.15, -0.1) is 11.3 Å². The molecular weight excluding hydrogens is 172 g/mol. The molecule has 1 aromatic rings. The second-order valence-electron chi connectivity index (χ2n) is 2.10. The van der Waals surface area contributed by atoms with Crippen molar-refractivity contribution in [1.82, 2.24) is 0 Å². The highest BCUT2D eigenvalue weighted by Crippen LogP contribution is 2.32. The number of rotatable bonds is 3. The smallest absolute Gasteiger partial charge is 0.149 e. The minimum atomic E-state index is 0.592. The van der Waals surface area contributed by atoms with Gasteiger partial charge in [0.15, 0.2) is 0 Å². The van der Waals surface area contributed by atoms with Crippen molar-refractivity contribution in [2.45, 2.75) is 6.92 Å². The fourth-order valence-electron chi connectivity index (χ4n) is 0.894. The fraction of sp³-hybridized carbons (Fsp3) is 0.375. The van der Waals surface area contributed by atoms with Crippen molar-refractivity contribution in [2.75, 3.05) is 19.0 Å². The Morgan fingerprint density at radius 3 is 3.00 bits per heavy atom. The van der Waals surface area contributed by atoms with E-state index < -0.39 is 0 Å². The lowest BCUT2D eigenvalue weighted by Gasteiger charge is -1.99. The summed E-state index contributed by atoms with van der Waals surface area (Å²) in [6.45, 7) is 2.49. The second-order valence-corrected chi connectivity index (χ2v) is 2.98. The summed E-state index contributed by atoms with van der Waals surface area (Å²) >= 11 is 1.48. The van der Waals surface area contributed by atoms with Crippen LogP contribution in [0.4, 0.5) is 5.00 Å². The van der Waals surface area contributed by atoms with Crippen LogP contribution in [-0.4, -0.2) is 13.7 Å². The van der Waals surface area contributed by atoms with Crippen molar-refractivity contribution in [2.24, 2.45) is 0 Å². The molecular formula is C8H10N2OS. The van der Waals surface area contributed by atoms with E-state index in [1.54, 1.807) is 7.05 Å². The van der Waals surface area contributed by atoms with Gasteiger partial charge < -0.3 is 10.1 Å². The Hall–Kier alpha value is -1.21. The molecule has 0 saturated carbocycles. The predicted molar refractivity (Wildman–Crippen MR) is 49.7 cm³/mol. The number of nitrogens with one attached hydrogen (secondary N) is 1. The lowest BCUT2D eigenvalue weighted by atomic mass is 10.3.